The third kappa shape index (κ3) is 7.70. The average molecular weight is 254 g/mol. The van der Waals surface area contributed by atoms with Crippen LogP contribution in [0.25, 0.3) is 0 Å². The predicted octanol–water partition coefficient (Wildman–Crippen LogP) is 2.85. The van der Waals surface area contributed by atoms with Crippen molar-refractivity contribution in [2.45, 2.75) is 71.3 Å². The fourth-order valence-electron chi connectivity index (χ4n) is 2.15. The first-order valence-corrected chi connectivity index (χ1v) is 7.76. The Morgan fingerprint density at radius 3 is 2.67 bits per heavy atom. The standard InChI is InChI=1S/C15H30N2O/c1-3-5-7-13(4-2)12-16-11-6-8-15(18)17-14-9-10-14/h13-14,16H,3-12H2,1-2H3,(H,17,18). The highest BCUT2D eigenvalue weighted by Crippen LogP contribution is 2.18. The minimum atomic E-state index is 0.234. The van der Waals surface area contributed by atoms with Crippen LogP contribution in [-0.4, -0.2) is 25.0 Å². The van der Waals surface area contributed by atoms with Crippen molar-refractivity contribution in [1.82, 2.24) is 10.6 Å². The molecular formula is C15H30N2O. The van der Waals surface area contributed by atoms with E-state index in [2.05, 4.69) is 24.5 Å². The quantitative estimate of drug-likeness (QED) is 0.557. The van der Waals surface area contributed by atoms with E-state index < -0.39 is 0 Å². The maximum absolute atomic E-state index is 11.4. The fourth-order valence-corrected chi connectivity index (χ4v) is 2.15. The molecule has 1 fully saturated rings. The van der Waals surface area contributed by atoms with E-state index in [1.54, 1.807) is 0 Å². The van der Waals surface area contributed by atoms with Gasteiger partial charge in [0.2, 0.25) is 5.91 Å². The zero-order valence-electron chi connectivity index (χ0n) is 12.1. The summed E-state index contributed by atoms with van der Waals surface area (Å²) in [5, 5.41) is 6.52. The molecule has 18 heavy (non-hydrogen) atoms. The van der Waals surface area contributed by atoms with Crippen LogP contribution in [0.2, 0.25) is 0 Å². The van der Waals surface area contributed by atoms with Crippen LogP contribution in [-0.2, 0) is 4.79 Å². The summed E-state index contributed by atoms with van der Waals surface area (Å²) in [6.45, 7) is 6.60. The molecule has 1 amide bonds. The summed E-state index contributed by atoms with van der Waals surface area (Å²) in [5.41, 5.74) is 0. The summed E-state index contributed by atoms with van der Waals surface area (Å²) < 4.78 is 0. The molecule has 1 saturated carbocycles. The molecule has 3 nitrogen and oxygen atoms in total. The summed E-state index contributed by atoms with van der Waals surface area (Å²) in [4.78, 5) is 11.4. The van der Waals surface area contributed by atoms with Crippen LogP contribution >= 0.6 is 0 Å². The summed E-state index contributed by atoms with van der Waals surface area (Å²) in [5.74, 6) is 1.04. The molecule has 1 rings (SSSR count). The highest BCUT2D eigenvalue weighted by atomic mass is 16.1. The molecule has 0 aromatic carbocycles. The molecule has 3 heteroatoms. The number of carbonyl (C=O) groups excluding carboxylic acids is 1. The Hall–Kier alpha value is -0.570. The smallest absolute Gasteiger partial charge is 0.220 e. The number of unbranched alkanes of at least 4 members (excludes halogenated alkanes) is 1. The van der Waals surface area contributed by atoms with Crippen molar-refractivity contribution >= 4 is 5.91 Å². The zero-order valence-corrected chi connectivity index (χ0v) is 12.1. The van der Waals surface area contributed by atoms with Gasteiger partial charge in [-0.25, -0.2) is 0 Å². The lowest BCUT2D eigenvalue weighted by Crippen LogP contribution is -2.27. The Morgan fingerprint density at radius 2 is 2.06 bits per heavy atom. The van der Waals surface area contributed by atoms with Crippen LogP contribution in [0.1, 0.15) is 65.2 Å². The van der Waals surface area contributed by atoms with Gasteiger partial charge in [-0.15, -0.1) is 0 Å². The first-order valence-electron chi connectivity index (χ1n) is 7.76. The van der Waals surface area contributed by atoms with Gasteiger partial charge in [0, 0.05) is 12.5 Å². The molecular weight excluding hydrogens is 224 g/mol. The first kappa shape index (κ1) is 15.5. The van der Waals surface area contributed by atoms with E-state index in [1.807, 2.05) is 0 Å². The van der Waals surface area contributed by atoms with Gasteiger partial charge in [0.05, 0.1) is 0 Å². The van der Waals surface area contributed by atoms with E-state index in [0.29, 0.717) is 12.5 Å². The Labute approximate surface area is 112 Å². The van der Waals surface area contributed by atoms with Gasteiger partial charge < -0.3 is 10.6 Å². The average Bonchev–Trinajstić information content (AvgIpc) is 3.16. The van der Waals surface area contributed by atoms with Gasteiger partial charge in [-0.1, -0.05) is 33.1 Å². The maximum Gasteiger partial charge on any atom is 0.220 e. The number of hydrogen-bond donors (Lipinski definition) is 2. The fraction of sp³-hybridized carbons (Fsp3) is 0.933. The second kappa shape index (κ2) is 9.37. The monoisotopic (exact) mass is 254 g/mol. The Balaban J connectivity index is 1.90. The lowest BCUT2D eigenvalue weighted by atomic mass is 9.99. The van der Waals surface area contributed by atoms with Crippen molar-refractivity contribution in [2.75, 3.05) is 13.1 Å². The number of amides is 1. The molecule has 0 saturated heterocycles. The van der Waals surface area contributed by atoms with Crippen LogP contribution in [0.4, 0.5) is 0 Å². The molecule has 1 aliphatic rings. The topological polar surface area (TPSA) is 41.1 Å². The third-order valence-corrected chi connectivity index (χ3v) is 3.68. The van der Waals surface area contributed by atoms with Crippen LogP contribution in [0.15, 0.2) is 0 Å². The second-order valence-corrected chi connectivity index (χ2v) is 5.57. The summed E-state index contributed by atoms with van der Waals surface area (Å²) in [6.07, 6.45) is 9.22. The highest BCUT2D eigenvalue weighted by Gasteiger charge is 2.22. The number of nitrogens with one attached hydrogen (secondary N) is 2. The summed E-state index contributed by atoms with van der Waals surface area (Å²) >= 11 is 0. The molecule has 1 aliphatic carbocycles. The third-order valence-electron chi connectivity index (χ3n) is 3.68. The van der Waals surface area contributed by atoms with Crippen LogP contribution < -0.4 is 10.6 Å². The molecule has 0 aromatic heterocycles. The normalized spacial score (nSPS) is 16.6. The molecule has 1 atom stereocenters. The Morgan fingerprint density at radius 1 is 1.28 bits per heavy atom. The molecule has 0 heterocycles. The molecule has 0 bridgehead atoms. The van der Waals surface area contributed by atoms with E-state index in [9.17, 15) is 4.79 Å². The molecule has 0 aliphatic heterocycles. The number of carbonyl (C=O) groups is 1. The van der Waals surface area contributed by atoms with Crippen molar-refractivity contribution in [2.24, 2.45) is 5.92 Å². The van der Waals surface area contributed by atoms with Gasteiger partial charge in [-0.05, 0) is 44.7 Å². The molecule has 0 spiro atoms. The van der Waals surface area contributed by atoms with Crippen molar-refractivity contribution in [3.63, 3.8) is 0 Å². The van der Waals surface area contributed by atoms with Crippen LogP contribution in [0.5, 0.6) is 0 Å². The van der Waals surface area contributed by atoms with Crippen LogP contribution in [0.3, 0.4) is 0 Å². The van der Waals surface area contributed by atoms with Crippen LogP contribution in [0, 0.1) is 5.92 Å². The summed E-state index contributed by atoms with van der Waals surface area (Å²) in [6, 6.07) is 0.504. The number of rotatable bonds is 11. The van der Waals surface area contributed by atoms with Gasteiger partial charge in [-0.3, -0.25) is 4.79 Å². The lowest BCUT2D eigenvalue weighted by Gasteiger charge is -2.15. The number of hydrogen-bond acceptors (Lipinski definition) is 2. The highest BCUT2D eigenvalue weighted by molar-refractivity contribution is 5.76. The molecule has 1 unspecified atom stereocenters. The van der Waals surface area contributed by atoms with Crippen molar-refractivity contribution < 1.29 is 4.79 Å². The Kier molecular flexibility index (Phi) is 8.06. The largest absolute Gasteiger partial charge is 0.353 e. The van der Waals surface area contributed by atoms with E-state index in [1.165, 1.54) is 38.5 Å². The van der Waals surface area contributed by atoms with Crippen molar-refractivity contribution in [1.29, 1.82) is 0 Å². The SMILES string of the molecule is CCCCC(CC)CNCCCC(=O)NC1CC1. The molecule has 0 aromatic rings. The van der Waals surface area contributed by atoms with Crippen molar-refractivity contribution in [3.8, 4) is 0 Å². The molecule has 106 valence electrons. The lowest BCUT2D eigenvalue weighted by molar-refractivity contribution is -0.121. The van der Waals surface area contributed by atoms with Gasteiger partial charge in [0.15, 0.2) is 0 Å². The van der Waals surface area contributed by atoms with E-state index in [4.69, 9.17) is 0 Å². The maximum atomic E-state index is 11.4. The Bertz CT molecular complexity index is 227. The zero-order chi connectivity index (χ0) is 13.2. The van der Waals surface area contributed by atoms with Crippen molar-refractivity contribution in [3.05, 3.63) is 0 Å². The van der Waals surface area contributed by atoms with E-state index >= 15 is 0 Å². The second-order valence-electron chi connectivity index (χ2n) is 5.57. The summed E-state index contributed by atoms with van der Waals surface area (Å²) in [7, 11) is 0. The van der Waals surface area contributed by atoms with E-state index in [-0.39, 0.29) is 5.91 Å². The molecule has 2 N–H and O–H groups in total. The van der Waals surface area contributed by atoms with Gasteiger partial charge in [0.1, 0.15) is 0 Å². The molecule has 0 radical (unpaired) electrons. The van der Waals surface area contributed by atoms with Gasteiger partial charge in [0.25, 0.3) is 0 Å². The first-order chi connectivity index (χ1) is 8.76. The van der Waals surface area contributed by atoms with Gasteiger partial charge >= 0.3 is 0 Å². The minimum Gasteiger partial charge on any atom is -0.353 e. The predicted molar refractivity (Wildman–Crippen MR) is 76.6 cm³/mol. The van der Waals surface area contributed by atoms with E-state index in [0.717, 1.165) is 25.4 Å². The minimum absolute atomic E-state index is 0.234. The van der Waals surface area contributed by atoms with Gasteiger partial charge in [-0.2, -0.15) is 0 Å².